The Kier molecular flexibility index (Phi) is 5.07. The highest BCUT2D eigenvalue weighted by molar-refractivity contribution is 6.09. The third-order valence-electron chi connectivity index (χ3n) is 3.46. The fraction of sp³-hybridized carbons (Fsp3) is 0.0455. The summed E-state index contributed by atoms with van der Waals surface area (Å²) in [4.78, 5) is 11.9. The van der Waals surface area contributed by atoms with Crippen LogP contribution in [0.25, 0.3) is 0 Å². The van der Waals surface area contributed by atoms with Crippen LogP contribution >= 0.6 is 0 Å². The van der Waals surface area contributed by atoms with Gasteiger partial charge in [0.05, 0.1) is 0 Å². The molecule has 2 heteroatoms. The quantitative estimate of drug-likeness (QED) is 0.524. The van der Waals surface area contributed by atoms with E-state index in [4.69, 9.17) is 4.74 Å². The van der Waals surface area contributed by atoms with Gasteiger partial charge in [0.25, 0.3) is 0 Å². The van der Waals surface area contributed by atoms with Gasteiger partial charge < -0.3 is 4.74 Å². The van der Waals surface area contributed by atoms with Crippen LogP contribution in [0.2, 0.25) is 0 Å². The lowest BCUT2D eigenvalue weighted by Crippen LogP contribution is -1.95. The number of carbonyl (C=O) groups excluding carboxylic acids is 1. The summed E-state index contributed by atoms with van der Waals surface area (Å²) >= 11 is 0. The van der Waals surface area contributed by atoms with Gasteiger partial charge in [-0.05, 0) is 35.7 Å². The molecular formula is C22H16O2. The molecule has 0 saturated heterocycles. The van der Waals surface area contributed by atoms with Gasteiger partial charge in [-0.2, -0.15) is 0 Å². The van der Waals surface area contributed by atoms with Gasteiger partial charge >= 0.3 is 0 Å². The summed E-state index contributed by atoms with van der Waals surface area (Å²) in [6.07, 6.45) is 0. The Hall–Kier alpha value is -3.31. The van der Waals surface area contributed by atoms with Crippen LogP contribution in [0, 0.1) is 11.8 Å². The Bertz CT molecular complexity index is 855. The van der Waals surface area contributed by atoms with Crippen LogP contribution in [-0.2, 0) is 6.61 Å². The Labute approximate surface area is 141 Å². The number of carbonyl (C=O) groups is 1. The second kappa shape index (κ2) is 7.80. The molecule has 24 heavy (non-hydrogen) atoms. The third-order valence-corrected chi connectivity index (χ3v) is 3.46. The van der Waals surface area contributed by atoms with Gasteiger partial charge in [0.15, 0.2) is 0 Å². The molecule has 116 valence electrons. The topological polar surface area (TPSA) is 26.3 Å². The standard InChI is InChI=1S/C22H16O2/c23-22(20-9-5-2-6-10-20)16-13-18-11-14-21(15-12-18)24-17-19-7-3-1-4-8-19/h1-12,14-15H,17H2. The molecule has 0 fully saturated rings. The third kappa shape index (κ3) is 4.34. The van der Waals surface area contributed by atoms with Gasteiger partial charge in [0.1, 0.15) is 12.4 Å². The van der Waals surface area contributed by atoms with Crippen molar-refractivity contribution in [3.8, 4) is 17.6 Å². The van der Waals surface area contributed by atoms with E-state index in [-0.39, 0.29) is 5.78 Å². The number of benzene rings is 3. The second-order valence-electron chi connectivity index (χ2n) is 5.24. The second-order valence-corrected chi connectivity index (χ2v) is 5.24. The average Bonchev–Trinajstić information content (AvgIpc) is 2.67. The number of rotatable bonds is 4. The molecular weight excluding hydrogens is 296 g/mol. The van der Waals surface area contributed by atoms with Gasteiger partial charge in [-0.25, -0.2) is 0 Å². The summed E-state index contributed by atoms with van der Waals surface area (Å²) in [7, 11) is 0. The molecule has 0 atom stereocenters. The van der Waals surface area contributed by atoms with Gasteiger partial charge in [0.2, 0.25) is 5.78 Å². The lowest BCUT2D eigenvalue weighted by atomic mass is 10.1. The molecule has 0 unspecified atom stereocenters. The minimum atomic E-state index is -0.181. The van der Waals surface area contributed by atoms with Crippen molar-refractivity contribution in [2.75, 3.05) is 0 Å². The fourth-order valence-corrected chi connectivity index (χ4v) is 2.17. The summed E-state index contributed by atoms with van der Waals surface area (Å²) in [5.41, 5.74) is 2.51. The zero-order chi connectivity index (χ0) is 16.6. The largest absolute Gasteiger partial charge is 0.489 e. The number of Topliss-reactive ketones (excluding diaryl/α,β-unsaturated/α-hetero) is 1. The van der Waals surface area contributed by atoms with Crippen molar-refractivity contribution in [3.05, 3.63) is 102 Å². The number of ether oxygens (including phenoxy) is 1. The molecule has 0 heterocycles. The minimum Gasteiger partial charge on any atom is -0.489 e. The average molecular weight is 312 g/mol. The van der Waals surface area contributed by atoms with Crippen molar-refractivity contribution in [3.63, 3.8) is 0 Å². The van der Waals surface area contributed by atoms with Gasteiger partial charge in [-0.15, -0.1) is 0 Å². The minimum absolute atomic E-state index is 0.181. The van der Waals surface area contributed by atoms with Crippen LogP contribution in [0.5, 0.6) is 5.75 Å². The van der Waals surface area contributed by atoms with Crippen LogP contribution in [0.1, 0.15) is 21.5 Å². The smallest absolute Gasteiger partial charge is 0.236 e. The van der Waals surface area contributed by atoms with E-state index in [0.717, 1.165) is 16.9 Å². The summed E-state index contributed by atoms with van der Waals surface area (Å²) in [6, 6.07) is 26.5. The van der Waals surface area contributed by atoms with Crippen molar-refractivity contribution < 1.29 is 9.53 Å². The van der Waals surface area contributed by atoms with Crippen molar-refractivity contribution in [2.24, 2.45) is 0 Å². The maximum Gasteiger partial charge on any atom is 0.236 e. The molecule has 3 aromatic carbocycles. The van der Waals surface area contributed by atoms with E-state index < -0.39 is 0 Å². The molecule has 3 aromatic rings. The first-order chi connectivity index (χ1) is 11.8. The molecule has 0 N–H and O–H groups in total. The molecule has 0 spiro atoms. The van der Waals surface area contributed by atoms with E-state index in [2.05, 4.69) is 11.8 Å². The maximum atomic E-state index is 11.9. The summed E-state index contributed by atoms with van der Waals surface area (Å²) in [5, 5.41) is 0. The van der Waals surface area contributed by atoms with Gasteiger partial charge in [-0.3, -0.25) is 4.79 Å². The van der Waals surface area contributed by atoms with Crippen LogP contribution in [0.15, 0.2) is 84.9 Å². The van der Waals surface area contributed by atoms with Crippen molar-refractivity contribution in [1.29, 1.82) is 0 Å². The predicted octanol–water partition coefficient (Wildman–Crippen LogP) is 4.50. The fourth-order valence-electron chi connectivity index (χ4n) is 2.17. The van der Waals surface area contributed by atoms with Crippen molar-refractivity contribution in [2.45, 2.75) is 6.61 Å². The first-order valence-electron chi connectivity index (χ1n) is 7.69. The van der Waals surface area contributed by atoms with Crippen LogP contribution in [0.3, 0.4) is 0 Å². The lowest BCUT2D eigenvalue weighted by Gasteiger charge is -2.05. The van der Waals surface area contributed by atoms with E-state index in [1.54, 1.807) is 12.1 Å². The molecule has 0 amide bonds. The van der Waals surface area contributed by atoms with Gasteiger partial charge in [0, 0.05) is 11.1 Å². The zero-order valence-electron chi connectivity index (χ0n) is 13.1. The Balaban J connectivity index is 1.61. The van der Waals surface area contributed by atoms with Crippen LogP contribution in [-0.4, -0.2) is 5.78 Å². The lowest BCUT2D eigenvalue weighted by molar-refractivity contribution is 0.105. The van der Waals surface area contributed by atoms with Crippen LogP contribution in [0.4, 0.5) is 0 Å². The first-order valence-corrected chi connectivity index (χ1v) is 7.69. The van der Waals surface area contributed by atoms with Gasteiger partial charge in [-0.1, -0.05) is 66.6 Å². The van der Waals surface area contributed by atoms with E-state index in [1.165, 1.54) is 0 Å². The zero-order valence-corrected chi connectivity index (χ0v) is 13.1. The highest BCUT2D eigenvalue weighted by Crippen LogP contribution is 2.13. The molecule has 0 aliphatic rings. The highest BCUT2D eigenvalue weighted by atomic mass is 16.5. The van der Waals surface area contributed by atoms with Crippen molar-refractivity contribution in [1.82, 2.24) is 0 Å². The summed E-state index contributed by atoms with van der Waals surface area (Å²) in [6.45, 7) is 0.526. The summed E-state index contributed by atoms with van der Waals surface area (Å²) < 4.78 is 5.73. The molecule has 0 aromatic heterocycles. The normalized spacial score (nSPS) is 9.67. The van der Waals surface area contributed by atoms with E-state index >= 15 is 0 Å². The number of ketones is 1. The maximum absolute atomic E-state index is 11.9. The Morgan fingerprint density at radius 3 is 2.08 bits per heavy atom. The molecule has 0 saturated carbocycles. The van der Waals surface area contributed by atoms with E-state index in [0.29, 0.717) is 12.2 Å². The summed E-state index contributed by atoms with van der Waals surface area (Å²) in [5.74, 6) is 6.15. The van der Waals surface area contributed by atoms with E-state index in [9.17, 15) is 4.79 Å². The highest BCUT2D eigenvalue weighted by Gasteiger charge is 2.00. The SMILES string of the molecule is O=C(C#Cc1ccc(OCc2ccccc2)cc1)c1ccccc1. The number of hydrogen-bond acceptors (Lipinski definition) is 2. The molecule has 0 aliphatic heterocycles. The van der Waals surface area contributed by atoms with Crippen molar-refractivity contribution >= 4 is 5.78 Å². The number of hydrogen-bond donors (Lipinski definition) is 0. The monoisotopic (exact) mass is 312 g/mol. The Morgan fingerprint density at radius 1 is 0.792 bits per heavy atom. The molecule has 3 rings (SSSR count). The molecule has 0 radical (unpaired) electrons. The van der Waals surface area contributed by atoms with Crippen LogP contribution < -0.4 is 4.74 Å². The van der Waals surface area contributed by atoms with E-state index in [1.807, 2.05) is 72.8 Å². The molecule has 0 aliphatic carbocycles. The molecule has 0 bridgehead atoms. The molecule has 2 nitrogen and oxygen atoms in total. The first kappa shape index (κ1) is 15.6. The Morgan fingerprint density at radius 2 is 1.42 bits per heavy atom. The predicted molar refractivity (Wildman–Crippen MR) is 94.9 cm³/mol.